The fourth-order valence-corrected chi connectivity index (χ4v) is 1.13. The summed E-state index contributed by atoms with van der Waals surface area (Å²) in [6, 6.07) is 0. The highest BCUT2D eigenvalue weighted by Gasteiger charge is 2.10. The van der Waals surface area contributed by atoms with Gasteiger partial charge >= 0.3 is 0 Å². The summed E-state index contributed by atoms with van der Waals surface area (Å²) < 4.78 is 5.32. The van der Waals surface area contributed by atoms with Crippen LogP contribution >= 0.6 is 0 Å². The largest absolute Gasteiger partial charge is 0.383 e. The van der Waals surface area contributed by atoms with E-state index in [0.717, 1.165) is 0 Å². The molecule has 0 aromatic carbocycles. The molecule has 0 bridgehead atoms. The van der Waals surface area contributed by atoms with Crippen LogP contribution in [0.5, 0.6) is 0 Å². The maximum atomic E-state index is 11.5. The zero-order chi connectivity index (χ0) is 12.0. The van der Waals surface area contributed by atoms with Crippen LogP contribution < -0.4 is 11.1 Å². The topological polar surface area (TPSA) is 93.0 Å². The van der Waals surface area contributed by atoms with Crippen LogP contribution in [-0.2, 0) is 4.74 Å². The molecule has 6 heteroatoms. The van der Waals surface area contributed by atoms with E-state index in [2.05, 4.69) is 29.4 Å². The quantitative estimate of drug-likeness (QED) is 0.612. The number of aromatic amines is 1. The Hall–Kier alpha value is -1.56. The number of hydrogen-bond donors (Lipinski definition) is 3. The van der Waals surface area contributed by atoms with E-state index in [1.54, 1.807) is 0 Å². The van der Waals surface area contributed by atoms with Gasteiger partial charge in [0.2, 0.25) is 0 Å². The highest BCUT2D eigenvalue weighted by Crippen LogP contribution is 2.04. The van der Waals surface area contributed by atoms with Gasteiger partial charge in [-0.05, 0) is 5.92 Å². The fraction of sp³-hybridized carbons (Fsp3) is 0.600. The minimum Gasteiger partial charge on any atom is -0.383 e. The molecule has 0 saturated heterocycles. The number of nitrogen functional groups attached to an aromatic ring is 1. The van der Waals surface area contributed by atoms with Crippen molar-refractivity contribution in [2.24, 2.45) is 5.92 Å². The van der Waals surface area contributed by atoms with Gasteiger partial charge in [0, 0.05) is 13.2 Å². The Balaban J connectivity index is 2.19. The average molecular weight is 226 g/mol. The van der Waals surface area contributed by atoms with Gasteiger partial charge in [0.1, 0.15) is 11.4 Å². The second-order valence-electron chi connectivity index (χ2n) is 3.92. The summed E-state index contributed by atoms with van der Waals surface area (Å²) >= 11 is 0. The predicted molar refractivity (Wildman–Crippen MR) is 61.0 cm³/mol. The Morgan fingerprint density at radius 1 is 1.69 bits per heavy atom. The Morgan fingerprint density at radius 2 is 2.44 bits per heavy atom. The molecule has 0 fully saturated rings. The van der Waals surface area contributed by atoms with Crippen LogP contribution in [0.2, 0.25) is 0 Å². The van der Waals surface area contributed by atoms with Crippen LogP contribution in [0.3, 0.4) is 0 Å². The maximum absolute atomic E-state index is 11.5. The van der Waals surface area contributed by atoms with Gasteiger partial charge in [-0.3, -0.25) is 9.89 Å². The lowest BCUT2D eigenvalue weighted by Crippen LogP contribution is -2.28. The van der Waals surface area contributed by atoms with E-state index in [-0.39, 0.29) is 11.7 Å². The molecule has 1 rings (SSSR count). The van der Waals surface area contributed by atoms with Crippen LogP contribution in [0.1, 0.15) is 24.2 Å². The van der Waals surface area contributed by atoms with E-state index < -0.39 is 0 Å². The van der Waals surface area contributed by atoms with Crippen molar-refractivity contribution in [1.29, 1.82) is 0 Å². The summed E-state index contributed by atoms with van der Waals surface area (Å²) in [5.41, 5.74) is 5.87. The average Bonchev–Trinajstić information content (AvgIpc) is 2.63. The van der Waals surface area contributed by atoms with Gasteiger partial charge < -0.3 is 15.8 Å². The number of carbonyl (C=O) groups is 1. The zero-order valence-corrected chi connectivity index (χ0v) is 9.62. The van der Waals surface area contributed by atoms with Crippen molar-refractivity contribution >= 4 is 11.7 Å². The molecule has 1 aromatic heterocycles. The first-order valence-electron chi connectivity index (χ1n) is 5.26. The molecule has 1 aromatic rings. The van der Waals surface area contributed by atoms with E-state index >= 15 is 0 Å². The number of nitrogens with one attached hydrogen (secondary N) is 2. The van der Waals surface area contributed by atoms with Gasteiger partial charge in [-0.2, -0.15) is 5.10 Å². The SMILES string of the molecule is CC(C)COCCNC(=O)c1cn[nH]c1N. The highest BCUT2D eigenvalue weighted by atomic mass is 16.5. The number of rotatable bonds is 6. The van der Waals surface area contributed by atoms with E-state index in [4.69, 9.17) is 10.5 Å². The number of nitrogens with zero attached hydrogens (tertiary/aromatic N) is 1. The first kappa shape index (κ1) is 12.5. The second-order valence-corrected chi connectivity index (χ2v) is 3.92. The first-order chi connectivity index (χ1) is 7.61. The standard InChI is InChI=1S/C10H18N4O2/c1-7(2)6-16-4-3-12-10(15)8-5-13-14-9(8)11/h5,7H,3-4,6H2,1-2H3,(H,12,15)(H3,11,13,14). The van der Waals surface area contributed by atoms with Gasteiger partial charge in [0.05, 0.1) is 12.8 Å². The molecule has 0 aliphatic heterocycles. The third-order valence-corrected chi connectivity index (χ3v) is 1.90. The van der Waals surface area contributed by atoms with E-state index in [1.807, 2.05) is 0 Å². The molecule has 0 aliphatic carbocycles. The van der Waals surface area contributed by atoms with Crippen LogP contribution in [0.4, 0.5) is 5.82 Å². The third-order valence-electron chi connectivity index (χ3n) is 1.90. The smallest absolute Gasteiger partial charge is 0.256 e. The van der Waals surface area contributed by atoms with Gasteiger partial charge in [0.15, 0.2) is 0 Å². The molecule has 0 aliphatic rings. The van der Waals surface area contributed by atoms with Crippen molar-refractivity contribution in [1.82, 2.24) is 15.5 Å². The number of hydrogen-bond acceptors (Lipinski definition) is 4. The van der Waals surface area contributed by atoms with E-state index in [0.29, 0.717) is 31.2 Å². The Kier molecular flexibility index (Phi) is 4.78. The Labute approximate surface area is 94.5 Å². The number of aromatic nitrogens is 2. The van der Waals surface area contributed by atoms with E-state index in [9.17, 15) is 4.79 Å². The molecular weight excluding hydrogens is 208 g/mol. The van der Waals surface area contributed by atoms with Crippen molar-refractivity contribution in [3.05, 3.63) is 11.8 Å². The van der Waals surface area contributed by atoms with Gasteiger partial charge in [0.25, 0.3) is 5.91 Å². The number of nitrogens with two attached hydrogens (primary N) is 1. The van der Waals surface area contributed by atoms with Gasteiger partial charge in [-0.1, -0.05) is 13.8 Å². The molecule has 90 valence electrons. The van der Waals surface area contributed by atoms with Crippen molar-refractivity contribution in [2.75, 3.05) is 25.5 Å². The summed E-state index contributed by atoms with van der Waals surface area (Å²) in [7, 11) is 0. The fourth-order valence-electron chi connectivity index (χ4n) is 1.13. The van der Waals surface area contributed by atoms with Crippen LogP contribution in [0.15, 0.2) is 6.20 Å². The lowest BCUT2D eigenvalue weighted by atomic mass is 10.2. The summed E-state index contributed by atoms with van der Waals surface area (Å²) in [6.45, 7) is 5.82. The Morgan fingerprint density at radius 3 is 3.00 bits per heavy atom. The number of carbonyl (C=O) groups excluding carboxylic acids is 1. The minimum atomic E-state index is -0.237. The molecule has 0 radical (unpaired) electrons. The summed E-state index contributed by atoms with van der Waals surface area (Å²) in [4.78, 5) is 11.5. The molecule has 6 nitrogen and oxygen atoms in total. The highest BCUT2D eigenvalue weighted by molar-refractivity contribution is 5.97. The maximum Gasteiger partial charge on any atom is 0.256 e. The van der Waals surface area contributed by atoms with Crippen molar-refractivity contribution in [3.8, 4) is 0 Å². The van der Waals surface area contributed by atoms with Crippen molar-refractivity contribution < 1.29 is 9.53 Å². The van der Waals surface area contributed by atoms with Crippen molar-refractivity contribution in [3.63, 3.8) is 0 Å². The summed E-state index contributed by atoms with van der Waals surface area (Å²) in [6.07, 6.45) is 1.40. The number of amides is 1. The van der Waals surface area contributed by atoms with Gasteiger partial charge in [-0.15, -0.1) is 0 Å². The molecule has 0 spiro atoms. The molecule has 16 heavy (non-hydrogen) atoms. The van der Waals surface area contributed by atoms with Crippen LogP contribution in [0, 0.1) is 5.92 Å². The lowest BCUT2D eigenvalue weighted by molar-refractivity contribution is 0.0887. The number of ether oxygens (including phenoxy) is 1. The summed E-state index contributed by atoms with van der Waals surface area (Å²) in [5, 5.41) is 8.87. The molecule has 1 heterocycles. The molecule has 4 N–H and O–H groups in total. The number of H-pyrrole nitrogens is 1. The Bertz CT molecular complexity index is 335. The minimum absolute atomic E-state index is 0.237. The zero-order valence-electron chi connectivity index (χ0n) is 9.62. The van der Waals surface area contributed by atoms with Gasteiger partial charge in [-0.25, -0.2) is 0 Å². The second kappa shape index (κ2) is 6.12. The van der Waals surface area contributed by atoms with Crippen LogP contribution in [-0.4, -0.2) is 35.9 Å². The third kappa shape index (κ3) is 3.90. The first-order valence-corrected chi connectivity index (χ1v) is 5.26. The number of anilines is 1. The lowest BCUT2D eigenvalue weighted by Gasteiger charge is -2.07. The monoisotopic (exact) mass is 226 g/mol. The normalized spacial score (nSPS) is 10.7. The summed E-state index contributed by atoms with van der Waals surface area (Å²) in [5.74, 6) is 0.542. The van der Waals surface area contributed by atoms with E-state index in [1.165, 1.54) is 6.20 Å². The molecule has 1 amide bonds. The molecular formula is C10H18N4O2. The molecule has 0 saturated carbocycles. The predicted octanol–water partition coefficient (Wildman–Crippen LogP) is 0.394. The molecule has 0 unspecified atom stereocenters. The van der Waals surface area contributed by atoms with Crippen LogP contribution in [0.25, 0.3) is 0 Å². The van der Waals surface area contributed by atoms with Crippen molar-refractivity contribution in [2.45, 2.75) is 13.8 Å². The molecule has 0 atom stereocenters.